The minimum Gasteiger partial charge on any atom is -0.495 e. The van der Waals surface area contributed by atoms with Crippen molar-refractivity contribution in [2.75, 3.05) is 12.4 Å². The first-order valence-corrected chi connectivity index (χ1v) is 11.2. The molecule has 7 nitrogen and oxygen atoms in total. The molecule has 1 heterocycles. The largest absolute Gasteiger partial charge is 0.501 e. The van der Waals surface area contributed by atoms with E-state index < -0.39 is 26.1 Å². The van der Waals surface area contributed by atoms with Crippen LogP contribution in [-0.4, -0.2) is 31.9 Å². The van der Waals surface area contributed by atoms with E-state index in [1.54, 1.807) is 36.5 Å². The number of rotatable bonds is 8. The van der Waals surface area contributed by atoms with E-state index in [2.05, 4.69) is 10.3 Å². The smallest absolute Gasteiger partial charge is 0.495 e. The first-order chi connectivity index (χ1) is 16.1. The molecule has 0 atom stereocenters. The Labute approximate surface area is 193 Å². The van der Waals surface area contributed by atoms with Gasteiger partial charge in [-0.25, -0.2) is 8.42 Å². The summed E-state index contributed by atoms with van der Waals surface area (Å²) in [7, 11) is -4.35. The van der Waals surface area contributed by atoms with Crippen LogP contribution >= 0.6 is 0 Å². The molecule has 0 saturated carbocycles. The molecule has 0 fully saturated rings. The molecule has 11 heteroatoms. The average Bonchev–Trinajstić information content (AvgIpc) is 2.82. The summed E-state index contributed by atoms with van der Waals surface area (Å²) in [6, 6.07) is 14.8. The number of nitrogens with zero attached hydrogens (tertiary/aromatic N) is 1. The summed E-state index contributed by atoms with van der Waals surface area (Å²) >= 11 is 0. The summed E-state index contributed by atoms with van der Waals surface area (Å²) in [5.41, 5.74) is -4.27. The monoisotopic (exact) mass is 492 g/mol. The Morgan fingerprint density at radius 2 is 1.82 bits per heavy atom. The zero-order valence-corrected chi connectivity index (χ0v) is 18.6. The standard InChI is InChI=1S/C23H19F3N2O5S/c1-32-21-11-10-19(34(30,31)23(24,25)26)14-20(21)28-22(29)12-7-16-5-8-18(9-6-16)33-15-17-4-2-3-13-27-17/h2-14H,15H2,1H3,(H,28,29)/b12-7+. The Morgan fingerprint density at radius 3 is 2.44 bits per heavy atom. The van der Waals surface area contributed by atoms with E-state index in [9.17, 15) is 26.4 Å². The molecule has 3 rings (SSSR count). The number of sulfone groups is 1. The Hall–Kier alpha value is -3.86. The second-order valence-corrected chi connectivity index (χ2v) is 8.75. The number of aromatic nitrogens is 1. The van der Waals surface area contributed by atoms with Crippen LogP contribution in [0.1, 0.15) is 11.3 Å². The van der Waals surface area contributed by atoms with Gasteiger partial charge in [-0.1, -0.05) is 18.2 Å². The third-order valence-corrected chi connectivity index (χ3v) is 5.95. The van der Waals surface area contributed by atoms with Gasteiger partial charge in [0, 0.05) is 12.3 Å². The average molecular weight is 492 g/mol. The number of ether oxygens (including phenoxy) is 2. The maximum absolute atomic E-state index is 12.8. The predicted octanol–water partition coefficient (Wildman–Crippen LogP) is 4.61. The lowest BCUT2D eigenvalue weighted by Crippen LogP contribution is -2.23. The minimum absolute atomic E-state index is 0.00252. The highest BCUT2D eigenvalue weighted by Gasteiger charge is 2.47. The van der Waals surface area contributed by atoms with Crippen LogP contribution in [0.5, 0.6) is 11.5 Å². The quantitative estimate of drug-likeness (QED) is 0.462. The van der Waals surface area contributed by atoms with Gasteiger partial charge in [0.15, 0.2) is 0 Å². The van der Waals surface area contributed by atoms with E-state index in [1.165, 1.54) is 13.2 Å². The van der Waals surface area contributed by atoms with Crippen molar-refractivity contribution in [1.29, 1.82) is 0 Å². The maximum atomic E-state index is 12.8. The van der Waals surface area contributed by atoms with Crippen molar-refractivity contribution in [3.8, 4) is 11.5 Å². The van der Waals surface area contributed by atoms with Gasteiger partial charge in [0.05, 0.1) is 23.4 Å². The highest BCUT2D eigenvalue weighted by molar-refractivity contribution is 7.92. The van der Waals surface area contributed by atoms with E-state index >= 15 is 0 Å². The van der Waals surface area contributed by atoms with Crippen molar-refractivity contribution >= 4 is 27.5 Å². The number of carbonyl (C=O) groups is 1. The predicted molar refractivity (Wildman–Crippen MR) is 119 cm³/mol. The van der Waals surface area contributed by atoms with Crippen LogP contribution in [0.25, 0.3) is 6.08 Å². The van der Waals surface area contributed by atoms with E-state index in [0.29, 0.717) is 24.0 Å². The van der Waals surface area contributed by atoms with Crippen molar-refractivity contribution < 1.29 is 35.9 Å². The summed E-state index contributed by atoms with van der Waals surface area (Å²) in [4.78, 5) is 15.4. The Bertz CT molecular complexity index is 1280. The zero-order chi connectivity index (χ0) is 24.8. The number of hydrogen-bond acceptors (Lipinski definition) is 6. The van der Waals surface area contributed by atoms with Crippen molar-refractivity contribution in [2.45, 2.75) is 17.0 Å². The van der Waals surface area contributed by atoms with Crippen LogP contribution in [0, 0.1) is 0 Å². The fourth-order valence-electron chi connectivity index (χ4n) is 2.75. The molecule has 3 aromatic rings. The number of anilines is 1. The molecule has 0 saturated heterocycles. The van der Waals surface area contributed by atoms with Crippen molar-refractivity contribution in [1.82, 2.24) is 4.98 Å². The number of hydrogen-bond donors (Lipinski definition) is 1. The van der Waals surface area contributed by atoms with E-state index in [0.717, 1.165) is 23.9 Å². The molecule has 1 aromatic heterocycles. The SMILES string of the molecule is COc1ccc(S(=O)(=O)C(F)(F)F)cc1NC(=O)/C=C/c1ccc(OCc2ccccn2)cc1. The van der Waals surface area contributed by atoms with Crippen LogP contribution in [0.2, 0.25) is 0 Å². The lowest BCUT2D eigenvalue weighted by atomic mass is 10.2. The number of methoxy groups -OCH3 is 1. The van der Waals surface area contributed by atoms with Gasteiger partial charge in [-0.15, -0.1) is 0 Å². The highest BCUT2D eigenvalue weighted by atomic mass is 32.2. The number of amides is 1. The molecular formula is C23H19F3N2O5S. The van der Waals surface area contributed by atoms with E-state index in [1.807, 2.05) is 12.1 Å². The fraction of sp³-hybridized carbons (Fsp3) is 0.130. The van der Waals surface area contributed by atoms with Crippen molar-refractivity contribution in [3.05, 3.63) is 84.2 Å². The number of benzene rings is 2. The fourth-order valence-corrected chi connectivity index (χ4v) is 3.54. The van der Waals surface area contributed by atoms with Crippen LogP contribution < -0.4 is 14.8 Å². The Balaban J connectivity index is 1.67. The molecule has 0 unspecified atom stereocenters. The molecule has 0 bridgehead atoms. The number of nitrogens with one attached hydrogen (secondary N) is 1. The van der Waals surface area contributed by atoms with E-state index in [4.69, 9.17) is 9.47 Å². The summed E-state index contributed by atoms with van der Waals surface area (Å²) < 4.78 is 72.4. The Kier molecular flexibility index (Phi) is 7.57. The highest BCUT2D eigenvalue weighted by Crippen LogP contribution is 2.34. The molecule has 0 aliphatic carbocycles. The Morgan fingerprint density at radius 1 is 1.09 bits per heavy atom. The van der Waals surface area contributed by atoms with Gasteiger partial charge >= 0.3 is 5.51 Å². The first-order valence-electron chi connectivity index (χ1n) is 9.71. The summed E-state index contributed by atoms with van der Waals surface area (Å²) in [5.74, 6) is -0.104. The first kappa shape index (κ1) is 24.8. The van der Waals surface area contributed by atoms with E-state index in [-0.39, 0.29) is 11.4 Å². The molecule has 0 radical (unpaired) electrons. The van der Waals surface area contributed by atoms with Gasteiger partial charge in [0.1, 0.15) is 18.1 Å². The topological polar surface area (TPSA) is 94.6 Å². The molecular weight excluding hydrogens is 473 g/mol. The third-order valence-electron chi connectivity index (χ3n) is 4.46. The molecule has 1 amide bonds. The third kappa shape index (κ3) is 6.13. The molecule has 2 aromatic carbocycles. The lowest BCUT2D eigenvalue weighted by molar-refractivity contribution is -0.111. The molecule has 0 aliphatic heterocycles. The number of pyridine rings is 1. The van der Waals surface area contributed by atoms with Gasteiger partial charge in [-0.3, -0.25) is 9.78 Å². The second kappa shape index (κ2) is 10.4. The molecule has 0 spiro atoms. The maximum Gasteiger partial charge on any atom is 0.501 e. The molecule has 178 valence electrons. The van der Waals surface area contributed by atoms with Crippen LogP contribution in [-0.2, 0) is 21.2 Å². The lowest BCUT2D eigenvalue weighted by Gasteiger charge is -2.13. The van der Waals surface area contributed by atoms with Gasteiger partial charge in [-0.05, 0) is 54.1 Å². The van der Waals surface area contributed by atoms with Crippen molar-refractivity contribution in [2.24, 2.45) is 0 Å². The number of carbonyl (C=O) groups excluding carboxylic acids is 1. The second-order valence-electron chi connectivity index (χ2n) is 6.81. The zero-order valence-electron chi connectivity index (χ0n) is 17.7. The molecule has 0 aliphatic rings. The number of halogens is 3. The normalized spacial score (nSPS) is 11.9. The van der Waals surface area contributed by atoms with Gasteiger partial charge in [0.2, 0.25) is 5.91 Å². The summed E-state index contributed by atoms with van der Waals surface area (Å²) in [6.45, 7) is 0.295. The molecule has 1 N–H and O–H groups in total. The van der Waals surface area contributed by atoms with Gasteiger partial charge in [-0.2, -0.15) is 13.2 Å². The van der Waals surface area contributed by atoms with Gasteiger partial charge in [0.25, 0.3) is 9.84 Å². The summed E-state index contributed by atoms with van der Waals surface area (Å²) in [6.07, 6.45) is 4.29. The molecule has 34 heavy (non-hydrogen) atoms. The van der Waals surface area contributed by atoms with Crippen LogP contribution in [0.3, 0.4) is 0 Å². The van der Waals surface area contributed by atoms with Crippen LogP contribution in [0.4, 0.5) is 18.9 Å². The minimum atomic E-state index is -5.58. The van der Waals surface area contributed by atoms with Crippen LogP contribution in [0.15, 0.2) is 77.8 Å². The summed E-state index contributed by atoms with van der Waals surface area (Å²) in [5, 5.41) is 2.33. The van der Waals surface area contributed by atoms with Crippen molar-refractivity contribution in [3.63, 3.8) is 0 Å². The van der Waals surface area contributed by atoms with Gasteiger partial charge < -0.3 is 14.8 Å². The number of alkyl halides is 3.